The Labute approximate surface area is 105 Å². The molecule has 3 rings (SSSR count). The van der Waals surface area contributed by atoms with Crippen molar-refractivity contribution in [3.63, 3.8) is 0 Å². The van der Waals surface area contributed by atoms with E-state index in [1.54, 1.807) is 0 Å². The van der Waals surface area contributed by atoms with E-state index >= 15 is 0 Å². The minimum atomic E-state index is -0.853. The fourth-order valence-electron chi connectivity index (χ4n) is 2.70. The van der Waals surface area contributed by atoms with Gasteiger partial charge in [-0.25, -0.2) is 0 Å². The fourth-order valence-corrected chi connectivity index (χ4v) is 2.70. The second-order valence-corrected chi connectivity index (χ2v) is 4.55. The van der Waals surface area contributed by atoms with Gasteiger partial charge >= 0.3 is 5.97 Å². The van der Waals surface area contributed by atoms with Gasteiger partial charge < -0.3 is 14.2 Å². The number of esters is 1. The van der Waals surface area contributed by atoms with Gasteiger partial charge in [0.25, 0.3) is 5.79 Å². The lowest BCUT2D eigenvalue weighted by atomic mass is 9.79. The highest BCUT2D eigenvalue weighted by atomic mass is 16.7. The Morgan fingerprint density at radius 1 is 1.33 bits per heavy atom. The molecule has 4 heteroatoms. The van der Waals surface area contributed by atoms with Crippen LogP contribution in [0.15, 0.2) is 36.8 Å². The van der Waals surface area contributed by atoms with Crippen LogP contribution in [-0.2, 0) is 31.2 Å². The quantitative estimate of drug-likeness (QED) is 0.712. The Kier molecular flexibility index (Phi) is 2.51. The van der Waals surface area contributed by atoms with E-state index in [0.717, 1.165) is 11.1 Å². The number of carbonyl (C=O) groups excluding carboxylic acids is 1. The summed E-state index contributed by atoms with van der Waals surface area (Å²) >= 11 is 0. The summed E-state index contributed by atoms with van der Waals surface area (Å²) in [5.74, 6) is -1.30. The zero-order chi connectivity index (χ0) is 12.6. The third-order valence-corrected chi connectivity index (χ3v) is 3.52. The first-order valence-electron chi connectivity index (χ1n) is 5.92. The van der Waals surface area contributed by atoms with Gasteiger partial charge in [0.1, 0.15) is 12.5 Å². The van der Waals surface area contributed by atoms with Crippen molar-refractivity contribution < 1.29 is 19.0 Å². The minimum Gasteiger partial charge on any atom is -0.469 e. The van der Waals surface area contributed by atoms with Crippen LogP contribution in [0, 0.1) is 5.92 Å². The van der Waals surface area contributed by atoms with Crippen LogP contribution >= 0.6 is 0 Å². The smallest absolute Gasteiger partial charge is 0.309 e. The number of methoxy groups -OCH3 is 1. The van der Waals surface area contributed by atoms with E-state index in [2.05, 4.69) is 0 Å². The van der Waals surface area contributed by atoms with E-state index in [-0.39, 0.29) is 11.9 Å². The van der Waals surface area contributed by atoms with Crippen molar-refractivity contribution in [1.29, 1.82) is 0 Å². The average molecular weight is 246 g/mol. The van der Waals surface area contributed by atoms with Crippen LogP contribution in [0.3, 0.4) is 0 Å². The van der Waals surface area contributed by atoms with Crippen molar-refractivity contribution in [3.05, 3.63) is 47.9 Å². The molecule has 1 aromatic carbocycles. The average Bonchev–Trinajstić information content (AvgIpc) is 2.87. The Bertz CT molecular complexity index is 498. The molecule has 0 unspecified atom stereocenters. The van der Waals surface area contributed by atoms with Gasteiger partial charge in [-0.3, -0.25) is 4.79 Å². The number of hydrogen-bond acceptors (Lipinski definition) is 4. The number of benzene rings is 1. The van der Waals surface area contributed by atoms with Gasteiger partial charge in [-0.2, -0.15) is 0 Å². The summed E-state index contributed by atoms with van der Waals surface area (Å²) < 4.78 is 16.1. The van der Waals surface area contributed by atoms with Crippen LogP contribution in [0.2, 0.25) is 0 Å². The number of carbonyl (C=O) groups is 1. The SMILES string of the molecule is COC(=O)[C@@H]1Cc2ccccc2C2(C1)OC=CO2. The predicted octanol–water partition coefficient (Wildman–Crippen LogP) is 2.09. The third-order valence-electron chi connectivity index (χ3n) is 3.52. The molecular weight excluding hydrogens is 232 g/mol. The van der Waals surface area contributed by atoms with Gasteiger partial charge in [-0.15, -0.1) is 0 Å². The lowest BCUT2D eigenvalue weighted by molar-refractivity contribution is -0.180. The predicted molar refractivity (Wildman–Crippen MR) is 63.3 cm³/mol. The molecule has 0 bridgehead atoms. The van der Waals surface area contributed by atoms with Crippen LogP contribution in [0.25, 0.3) is 0 Å². The number of hydrogen-bond donors (Lipinski definition) is 0. The first-order chi connectivity index (χ1) is 8.75. The summed E-state index contributed by atoms with van der Waals surface area (Å²) in [6.45, 7) is 0. The maximum atomic E-state index is 11.8. The molecule has 1 heterocycles. The summed E-state index contributed by atoms with van der Waals surface area (Å²) in [7, 11) is 1.41. The Morgan fingerprint density at radius 3 is 2.78 bits per heavy atom. The van der Waals surface area contributed by atoms with Crippen LogP contribution < -0.4 is 0 Å². The zero-order valence-electron chi connectivity index (χ0n) is 10.1. The molecule has 0 fully saturated rings. The monoisotopic (exact) mass is 246 g/mol. The first kappa shape index (κ1) is 11.1. The standard InChI is InChI=1S/C14H14O4/c1-16-13(15)11-8-10-4-2-3-5-12(10)14(9-11)17-6-7-18-14/h2-7,11H,8-9H2,1H3/t11-/m1/s1. The van der Waals surface area contributed by atoms with Crippen molar-refractivity contribution >= 4 is 5.97 Å². The van der Waals surface area contributed by atoms with Crippen LogP contribution in [0.5, 0.6) is 0 Å². The molecule has 0 saturated heterocycles. The van der Waals surface area contributed by atoms with Gasteiger partial charge in [-0.05, 0) is 12.0 Å². The van der Waals surface area contributed by atoms with Gasteiger partial charge in [0, 0.05) is 12.0 Å². The number of rotatable bonds is 1. The van der Waals surface area contributed by atoms with Gasteiger partial charge in [0.2, 0.25) is 0 Å². The van der Waals surface area contributed by atoms with Gasteiger partial charge in [-0.1, -0.05) is 24.3 Å². The van der Waals surface area contributed by atoms with E-state index in [9.17, 15) is 4.79 Å². The fraction of sp³-hybridized carbons (Fsp3) is 0.357. The second kappa shape index (κ2) is 4.05. The van der Waals surface area contributed by atoms with Crippen molar-refractivity contribution in [2.45, 2.75) is 18.6 Å². The summed E-state index contributed by atoms with van der Waals surface area (Å²) in [5, 5.41) is 0. The lowest BCUT2D eigenvalue weighted by Crippen LogP contribution is -2.39. The molecule has 1 atom stereocenters. The second-order valence-electron chi connectivity index (χ2n) is 4.55. The van der Waals surface area contributed by atoms with E-state index in [0.29, 0.717) is 12.8 Å². The van der Waals surface area contributed by atoms with E-state index in [1.807, 2.05) is 24.3 Å². The molecule has 1 spiro atoms. The highest BCUT2D eigenvalue weighted by Gasteiger charge is 2.47. The summed E-state index contributed by atoms with van der Waals surface area (Å²) in [4.78, 5) is 11.8. The normalized spacial score (nSPS) is 23.1. The van der Waals surface area contributed by atoms with Crippen molar-refractivity contribution in [2.24, 2.45) is 5.92 Å². The molecule has 1 aliphatic heterocycles. The third kappa shape index (κ3) is 1.56. The molecule has 94 valence electrons. The number of fused-ring (bicyclic) bond motifs is 2. The van der Waals surface area contributed by atoms with Crippen LogP contribution in [0.1, 0.15) is 17.5 Å². The molecule has 2 aliphatic rings. The highest BCUT2D eigenvalue weighted by molar-refractivity contribution is 5.73. The molecule has 0 aromatic heterocycles. The topological polar surface area (TPSA) is 44.8 Å². The summed E-state index contributed by atoms with van der Waals surface area (Å²) in [6, 6.07) is 7.88. The largest absolute Gasteiger partial charge is 0.469 e. The Morgan fingerprint density at radius 2 is 2.06 bits per heavy atom. The molecule has 0 N–H and O–H groups in total. The zero-order valence-corrected chi connectivity index (χ0v) is 10.1. The molecular formula is C14H14O4. The Balaban J connectivity index is 2.02. The van der Waals surface area contributed by atoms with Crippen molar-refractivity contribution in [3.8, 4) is 0 Å². The molecule has 0 amide bonds. The summed E-state index contributed by atoms with van der Waals surface area (Å²) in [6.07, 6.45) is 4.19. The van der Waals surface area contributed by atoms with Gasteiger partial charge in [0.05, 0.1) is 13.0 Å². The van der Waals surface area contributed by atoms with Crippen molar-refractivity contribution in [2.75, 3.05) is 7.11 Å². The maximum Gasteiger partial charge on any atom is 0.309 e. The molecule has 1 aromatic rings. The molecule has 18 heavy (non-hydrogen) atoms. The Hall–Kier alpha value is -1.97. The van der Waals surface area contributed by atoms with E-state index < -0.39 is 5.79 Å². The van der Waals surface area contributed by atoms with E-state index in [4.69, 9.17) is 14.2 Å². The lowest BCUT2D eigenvalue weighted by Gasteiger charge is -2.36. The first-order valence-corrected chi connectivity index (χ1v) is 5.92. The highest BCUT2D eigenvalue weighted by Crippen LogP contribution is 2.44. The molecule has 1 aliphatic carbocycles. The van der Waals surface area contributed by atoms with Crippen LogP contribution in [-0.4, -0.2) is 13.1 Å². The molecule has 4 nitrogen and oxygen atoms in total. The summed E-state index contributed by atoms with van der Waals surface area (Å²) in [5.41, 5.74) is 2.07. The van der Waals surface area contributed by atoms with Gasteiger partial charge in [0.15, 0.2) is 0 Å². The minimum absolute atomic E-state index is 0.219. The maximum absolute atomic E-state index is 11.8. The van der Waals surface area contributed by atoms with E-state index in [1.165, 1.54) is 19.6 Å². The number of ether oxygens (including phenoxy) is 3. The van der Waals surface area contributed by atoms with Crippen molar-refractivity contribution in [1.82, 2.24) is 0 Å². The molecule has 0 radical (unpaired) electrons. The molecule has 0 saturated carbocycles. The van der Waals surface area contributed by atoms with Crippen LogP contribution in [0.4, 0.5) is 0 Å².